The van der Waals surface area contributed by atoms with E-state index < -0.39 is 6.09 Å². The van der Waals surface area contributed by atoms with Crippen LogP contribution in [-0.2, 0) is 9.53 Å². The molecule has 0 radical (unpaired) electrons. The monoisotopic (exact) mass is 316 g/mol. The maximum absolute atomic E-state index is 12.4. The Kier molecular flexibility index (Phi) is 5.42. The first kappa shape index (κ1) is 17.1. The number of nitrogens with zero attached hydrogens (tertiary/aromatic N) is 1. The Morgan fingerprint density at radius 2 is 1.83 bits per heavy atom. The molecule has 1 aromatic heterocycles. The summed E-state index contributed by atoms with van der Waals surface area (Å²) in [7, 11) is 0. The Morgan fingerprint density at radius 3 is 2.48 bits per heavy atom. The largest absolute Gasteiger partial charge is 0.449 e. The summed E-state index contributed by atoms with van der Waals surface area (Å²) in [4.78, 5) is 24.5. The van der Waals surface area contributed by atoms with E-state index in [-0.39, 0.29) is 17.7 Å². The van der Waals surface area contributed by atoms with Crippen LogP contribution in [0.15, 0.2) is 30.3 Å². The minimum atomic E-state index is -0.472. The number of ether oxygens (including phenoxy) is 1. The number of benzene rings is 1. The van der Waals surface area contributed by atoms with E-state index in [2.05, 4.69) is 5.32 Å². The quantitative estimate of drug-likeness (QED) is 0.896. The van der Waals surface area contributed by atoms with Crippen LogP contribution in [0.2, 0.25) is 0 Å². The molecule has 5 heteroatoms. The zero-order valence-corrected chi connectivity index (χ0v) is 14.1. The maximum atomic E-state index is 12.4. The maximum Gasteiger partial charge on any atom is 0.420 e. The summed E-state index contributed by atoms with van der Waals surface area (Å²) in [6, 6.07) is 9.29. The predicted octanol–water partition coefficient (Wildman–Crippen LogP) is 4.27. The van der Waals surface area contributed by atoms with Crippen LogP contribution >= 0.6 is 0 Å². The fourth-order valence-electron chi connectivity index (χ4n) is 2.31. The normalized spacial score (nSPS) is 11.2. The highest BCUT2D eigenvalue weighted by molar-refractivity contribution is 5.99. The topological polar surface area (TPSA) is 60.3 Å². The lowest BCUT2D eigenvalue weighted by Gasteiger charge is -2.13. The van der Waals surface area contributed by atoms with Gasteiger partial charge in [-0.3, -0.25) is 4.79 Å². The number of carbonyl (C=O) groups excluding carboxylic acids is 2. The number of hydrogen-bond donors (Lipinski definition) is 1. The van der Waals surface area contributed by atoms with Crippen molar-refractivity contribution >= 4 is 28.7 Å². The summed E-state index contributed by atoms with van der Waals surface area (Å²) in [5, 5.41) is 3.71. The lowest BCUT2D eigenvalue weighted by atomic mass is 10.1. The molecule has 1 N–H and O–H groups in total. The van der Waals surface area contributed by atoms with Crippen molar-refractivity contribution in [3.63, 3.8) is 0 Å². The molecular formula is C18H24N2O3. The first-order valence-corrected chi connectivity index (χ1v) is 7.96. The van der Waals surface area contributed by atoms with Gasteiger partial charge in [-0.05, 0) is 24.0 Å². The second kappa shape index (κ2) is 7.31. The van der Waals surface area contributed by atoms with Crippen molar-refractivity contribution in [2.24, 2.45) is 11.8 Å². The van der Waals surface area contributed by atoms with Crippen LogP contribution < -0.4 is 5.32 Å². The number of fused-ring (bicyclic) bond motifs is 1. The van der Waals surface area contributed by atoms with Crippen molar-refractivity contribution < 1.29 is 14.3 Å². The standard InChI is InChI=1S/C18H24N2O3/c1-12(2)9-17(21)19-16-10-14-7-5-6-8-15(14)20(16)18(22)23-11-13(3)4/h5-8,10,12-13H,9,11H2,1-4H3,(H,19,21). The molecule has 124 valence electrons. The molecule has 1 aromatic carbocycles. The molecule has 0 fully saturated rings. The fraction of sp³-hybridized carbons (Fsp3) is 0.444. The minimum Gasteiger partial charge on any atom is -0.449 e. The number of carbonyl (C=O) groups is 2. The minimum absolute atomic E-state index is 0.110. The molecule has 0 aliphatic heterocycles. The first-order valence-electron chi connectivity index (χ1n) is 7.96. The van der Waals surface area contributed by atoms with Crippen molar-refractivity contribution in [2.45, 2.75) is 34.1 Å². The molecule has 0 spiro atoms. The average molecular weight is 316 g/mol. The van der Waals surface area contributed by atoms with E-state index in [1.54, 1.807) is 6.07 Å². The zero-order valence-electron chi connectivity index (χ0n) is 14.1. The summed E-state index contributed by atoms with van der Waals surface area (Å²) in [5.74, 6) is 0.840. The summed E-state index contributed by atoms with van der Waals surface area (Å²) < 4.78 is 6.76. The average Bonchev–Trinajstić information content (AvgIpc) is 2.81. The van der Waals surface area contributed by atoms with E-state index in [1.165, 1.54) is 4.57 Å². The molecule has 0 aliphatic rings. The third kappa shape index (κ3) is 4.34. The van der Waals surface area contributed by atoms with Gasteiger partial charge in [-0.2, -0.15) is 0 Å². The summed E-state index contributed by atoms with van der Waals surface area (Å²) in [5.41, 5.74) is 0.723. The number of nitrogens with one attached hydrogen (secondary N) is 1. The predicted molar refractivity (Wildman–Crippen MR) is 91.6 cm³/mol. The van der Waals surface area contributed by atoms with E-state index in [0.29, 0.717) is 18.8 Å². The molecule has 0 atom stereocenters. The van der Waals surface area contributed by atoms with E-state index in [0.717, 1.165) is 10.9 Å². The number of hydrogen-bond acceptors (Lipinski definition) is 3. The Morgan fingerprint density at radius 1 is 1.13 bits per heavy atom. The number of aromatic nitrogens is 1. The van der Waals surface area contributed by atoms with Gasteiger partial charge in [-0.15, -0.1) is 0 Å². The lowest BCUT2D eigenvalue weighted by molar-refractivity contribution is -0.116. The number of anilines is 1. The van der Waals surface area contributed by atoms with Gasteiger partial charge in [0, 0.05) is 11.8 Å². The molecule has 0 saturated heterocycles. The van der Waals surface area contributed by atoms with Crippen molar-refractivity contribution in [3.8, 4) is 0 Å². The number of rotatable bonds is 5. The molecule has 0 saturated carbocycles. The molecule has 5 nitrogen and oxygen atoms in total. The van der Waals surface area contributed by atoms with Crippen LogP contribution in [0.5, 0.6) is 0 Å². The molecule has 0 aliphatic carbocycles. The van der Waals surface area contributed by atoms with Gasteiger partial charge in [0.25, 0.3) is 0 Å². The van der Waals surface area contributed by atoms with Gasteiger partial charge < -0.3 is 10.1 Å². The van der Waals surface area contributed by atoms with Gasteiger partial charge in [-0.1, -0.05) is 45.9 Å². The second-order valence-electron chi connectivity index (χ2n) is 6.54. The van der Waals surface area contributed by atoms with Gasteiger partial charge in [0.2, 0.25) is 5.91 Å². The van der Waals surface area contributed by atoms with Crippen LogP contribution in [0.4, 0.5) is 10.6 Å². The SMILES string of the molecule is CC(C)COC(=O)n1c(NC(=O)CC(C)C)cc2ccccc21. The van der Waals surface area contributed by atoms with Crippen molar-refractivity contribution in [2.75, 3.05) is 11.9 Å². The molecule has 1 amide bonds. The molecule has 1 heterocycles. The third-order valence-corrected chi connectivity index (χ3v) is 3.29. The van der Waals surface area contributed by atoms with Crippen molar-refractivity contribution in [1.82, 2.24) is 4.57 Å². The number of amides is 1. The molecule has 2 aromatic rings. The first-order chi connectivity index (χ1) is 10.9. The molecule has 23 heavy (non-hydrogen) atoms. The van der Waals surface area contributed by atoms with Gasteiger partial charge in [0.15, 0.2) is 0 Å². The van der Waals surface area contributed by atoms with Gasteiger partial charge in [-0.25, -0.2) is 9.36 Å². The van der Waals surface area contributed by atoms with E-state index in [9.17, 15) is 9.59 Å². The van der Waals surface area contributed by atoms with Crippen molar-refractivity contribution in [3.05, 3.63) is 30.3 Å². The van der Waals surface area contributed by atoms with E-state index >= 15 is 0 Å². The van der Waals surface area contributed by atoms with Crippen LogP contribution in [0.3, 0.4) is 0 Å². The summed E-state index contributed by atoms with van der Waals surface area (Å²) >= 11 is 0. The van der Waals surface area contributed by atoms with E-state index in [4.69, 9.17) is 4.74 Å². The smallest absolute Gasteiger partial charge is 0.420 e. The van der Waals surface area contributed by atoms with Gasteiger partial charge >= 0.3 is 6.09 Å². The summed E-state index contributed by atoms with van der Waals surface area (Å²) in [6.07, 6.45) is -0.0671. The van der Waals surface area contributed by atoms with Crippen LogP contribution in [0.25, 0.3) is 10.9 Å². The van der Waals surface area contributed by atoms with E-state index in [1.807, 2.05) is 52.0 Å². The fourth-order valence-corrected chi connectivity index (χ4v) is 2.31. The summed E-state index contributed by atoms with van der Waals surface area (Å²) in [6.45, 7) is 8.25. The van der Waals surface area contributed by atoms with Gasteiger partial charge in [0.05, 0.1) is 12.1 Å². The highest BCUT2D eigenvalue weighted by Crippen LogP contribution is 2.24. The number of para-hydroxylation sites is 1. The Balaban J connectivity index is 2.33. The zero-order chi connectivity index (χ0) is 17.0. The Hall–Kier alpha value is -2.30. The van der Waals surface area contributed by atoms with Crippen LogP contribution in [0.1, 0.15) is 34.1 Å². The molecule has 0 unspecified atom stereocenters. The Bertz CT molecular complexity index is 701. The Labute approximate surface area is 136 Å². The highest BCUT2D eigenvalue weighted by Gasteiger charge is 2.18. The molecule has 2 rings (SSSR count). The second-order valence-corrected chi connectivity index (χ2v) is 6.54. The highest BCUT2D eigenvalue weighted by atomic mass is 16.5. The van der Waals surface area contributed by atoms with Crippen molar-refractivity contribution in [1.29, 1.82) is 0 Å². The molecular weight excluding hydrogens is 292 g/mol. The van der Waals surface area contributed by atoms with Crippen LogP contribution in [0, 0.1) is 11.8 Å². The van der Waals surface area contributed by atoms with Crippen LogP contribution in [-0.4, -0.2) is 23.2 Å². The van der Waals surface area contributed by atoms with Gasteiger partial charge in [0.1, 0.15) is 5.82 Å². The molecule has 0 bridgehead atoms. The third-order valence-electron chi connectivity index (χ3n) is 3.29. The lowest BCUT2D eigenvalue weighted by Crippen LogP contribution is -2.22.